The van der Waals surface area contributed by atoms with Crippen LogP contribution >= 0.6 is 0 Å². The van der Waals surface area contributed by atoms with Gasteiger partial charge in [-0.3, -0.25) is 4.79 Å². The highest BCUT2D eigenvalue weighted by atomic mass is 16.7. The molecular formula is C20H20O9. The molecule has 2 aromatic rings. The molecule has 1 heterocycles. The first-order valence-corrected chi connectivity index (χ1v) is 8.77. The topological polar surface area (TPSA) is 143 Å². The zero-order valence-corrected chi connectivity index (χ0v) is 15.1. The number of benzene rings is 2. The molecule has 1 aliphatic rings. The molecule has 3 rings (SSSR count). The van der Waals surface area contributed by atoms with E-state index in [-0.39, 0.29) is 17.1 Å². The standard InChI is InChI=1S/C20H20O9/c21-9-12-8-13(22)6-7-14(12)28-20-18(25)17(24)16(23)15(29-20)10-27-19(26)11-4-2-1-3-5-11/h1-9,15-18,20,22-25H,10H2/t15-,16-,17+,18-,20-/m1/s1. The van der Waals surface area contributed by atoms with Crippen LogP contribution in [0.3, 0.4) is 0 Å². The maximum absolute atomic E-state index is 12.1. The van der Waals surface area contributed by atoms with E-state index in [1.165, 1.54) is 12.1 Å². The number of aliphatic hydroxyl groups excluding tert-OH is 3. The highest BCUT2D eigenvalue weighted by Crippen LogP contribution is 2.28. The lowest BCUT2D eigenvalue weighted by atomic mass is 9.99. The first-order chi connectivity index (χ1) is 13.9. The fourth-order valence-corrected chi connectivity index (χ4v) is 2.83. The second-order valence-electron chi connectivity index (χ2n) is 6.44. The number of aldehydes is 1. The zero-order valence-electron chi connectivity index (χ0n) is 15.1. The minimum Gasteiger partial charge on any atom is -0.508 e. The summed E-state index contributed by atoms with van der Waals surface area (Å²) in [6.07, 6.45) is -7.04. The van der Waals surface area contributed by atoms with E-state index in [9.17, 15) is 30.0 Å². The van der Waals surface area contributed by atoms with E-state index in [1.54, 1.807) is 30.3 Å². The zero-order chi connectivity index (χ0) is 21.0. The molecule has 1 fully saturated rings. The summed E-state index contributed by atoms with van der Waals surface area (Å²) < 4.78 is 16.0. The Bertz CT molecular complexity index is 854. The molecule has 1 saturated heterocycles. The van der Waals surface area contributed by atoms with Crippen molar-refractivity contribution in [2.75, 3.05) is 6.61 Å². The first-order valence-electron chi connectivity index (χ1n) is 8.77. The molecule has 0 amide bonds. The third-order valence-electron chi connectivity index (χ3n) is 4.42. The summed E-state index contributed by atoms with van der Waals surface area (Å²) in [5.41, 5.74) is 0.291. The predicted octanol–water partition coefficient (Wildman–Crippen LogP) is 0.248. The molecule has 0 aliphatic carbocycles. The van der Waals surface area contributed by atoms with Gasteiger partial charge in [0.2, 0.25) is 6.29 Å². The number of phenols is 1. The fraction of sp³-hybridized carbons (Fsp3) is 0.300. The lowest BCUT2D eigenvalue weighted by Crippen LogP contribution is -2.60. The first kappa shape index (κ1) is 20.7. The summed E-state index contributed by atoms with van der Waals surface area (Å²) in [5.74, 6) is -0.822. The predicted molar refractivity (Wildman–Crippen MR) is 97.5 cm³/mol. The SMILES string of the molecule is O=Cc1cc(O)ccc1O[C@@H]1O[C@H](COC(=O)c2ccccc2)[C@@H](O)[C@H](O)[C@H]1O. The van der Waals surface area contributed by atoms with Crippen molar-refractivity contribution in [2.45, 2.75) is 30.7 Å². The van der Waals surface area contributed by atoms with Crippen molar-refractivity contribution in [1.29, 1.82) is 0 Å². The smallest absolute Gasteiger partial charge is 0.338 e. The number of hydrogen-bond acceptors (Lipinski definition) is 9. The van der Waals surface area contributed by atoms with Gasteiger partial charge in [0.05, 0.1) is 11.1 Å². The Kier molecular flexibility index (Phi) is 6.45. The number of carbonyl (C=O) groups excluding carboxylic acids is 2. The molecule has 0 aromatic heterocycles. The summed E-state index contributed by atoms with van der Waals surface area (Å²) in [5, 5.41) is 39.8. The number of rotatable bonds is 6. The molecule has 0 spiro atoms. The van der Waals surface area contributed by atoms with Gasteiger partial charge in [-0.1, -0.05) is 18.2 Å². The van der Waals surface area contributed by atoms with Crippen molar-refractivity contribution >= 4 is 12.3 Å². The van der Waals surface area contributed by atoms with Crippen LogP contribution in [0.4, 0.5) is 0 Å². The van der Waals surface area contributed by atoms with Gasteiger partial charge in [-0.05, 0) is 30.3 Å². The Hall–Kier alpha value is -2.98. The molecule has 9 nitrogen and oxygen atoms in total. The van der Waals surface area contributed by atoms with Gasteiger partial charge in [0.15, 0.2) is 6.29 Å². The summed E-state index contributed by atoms with van der Waals surface area (Å²) in [6, 6.07) is 11.9. The van der Waals surface area contributed by atoms with Gasteiger partial charge in [0, 0.05) is 0 Å². The van der Waals surface area contributed by atoms with Crippen molar-refractivity contribution in [3.8, 4) is 11.5 Å². The Balaban J connectivity index is 1.69. The molecule has 9 heteroatoms. The van der Waals surface area contributed by atoms with E-state index in [2.05, 4.69) is 0 Å². The van der Waals surface area contributed by atoms with E-state index in [4.69, 9.17) is 14.2 Å². The molecule has 4 N–H and O–H groups in total. The van der Waals surface area contributed by atoms with Crippen LogP contribution in [0.25, 0.3) is 0 Å². The average Bonchev–Trinajstić information content (AvgIpc) is 2.74. The van der Waals surface area contributed by atoms with Crippen LogP contribution in [0.2, 0.25) is 0 Å². The van der Waals surface area contributed by atoms with Gasteiger partial charge >= 0.3 is 5.97 Å². The second-order valence-corrected chi connectivity index (χ2v) is 6.44. The lowest BCUT2D eigenvalue weighted by Gasteiger charge is -2.40. The summed E-state index contributed by atoms with van der Waals surface area (Å²) >= 11 is 0. The van der Waals surface area contributed by atoms with Gasteiger partial charge in [-0.2, -0.15) is 0 Å². The van der Waals surface area contributed by atoms with Crippen LogP contribution in [-0.2, 0) is 9.47 Å². The number of ether oxygens (including phenoxy) is 3. The average molecular weight is 404 g/mol. The largest absolute Gasteiger partial charge is 0.508 e. The maximum atomic E-state index is 12.1. The number of carbonyl (C=O) groups is 2. The molecular weight excluding hydrogens is 384 g/mol. The van der Waals surface area contributed by atoms with E-state index in [1.807, 2.05) is 0 Å². The Morgan fingerprint density at radius 1 is 1.03 bits per heavy atom. The molecule has 0 saturated carbocycles. The van der Waals surface area contributed by atoms with Crippen molar-refractivity contribution in [3.63, 3.8) is 0 Å². The molecule has 0 radical (unpaired) electrons. The van der Waals surface area contributed by atoms with Crippen LogP contribution in [-0.4, -0.2) is 70.0 Å². The Labute approximate surface area is 165 Å². The molecule has 29 heavy (non-hydrogen) atoms. The fourth-order valence-electron chi connectivity index (χ4n) is 2.83. The summed E-state index contributed by atoms with van der Waals surface area (Å²) in [6.45, 7) is -0.408. The third-order valence-corrected chi connectivity index (χ3v) is 4.42. The second kappa shape index (κ2) is 9.01. The quantitative estimate of drug-likeness (QED) is 0.393. The van der Waals surface area contributed by atoms with Crippen LogP contribution in [0.1, 0.15) is 20.7 Å². The Morgan fingerprint density at radius 3 is 2.45 bits per heavy atom. The number of esters is 1. The van der Waals surface area contributed by atoms with Crippen molar-refractivity contribution in [1.82, 2.24) is 0 Å². The van der Waals surface area contributed by atoms with Gasteiger partial charge < -0.3 is 34.6 Å². The van der Waals surface area contributed by atoms with Gasteiger partial charge in [0.1, 0.15) is 42.5 Å². The number of aromatic hydroxyl groups is 1. The monoisotopic (exact) mass is 404 g/mol. The summed E-state index contributed by atoms with van der Waals surface area (Å²) in [7, 11) is 0. The van der Waals surface area contributed by atoms with Crippen LogP contribution in [0.5, 0.6) is 11.5 Å². The highest BCUT2D eigenvalue weighted by Gasteiger charge is 2.45. The van der Waals surface area contributed by atoms with E-state index in [0.717, 1.165) is 6.07 Å². The Morgan fingerprint density at radius 2 is 1.76 bits per heavy atom. The molecule has 2 aromatic carbocycles. The van der Waals surface area contributed by atoms with Crippen LogP contribution < -0.4 is 4.74 Å². The van der Waals surface area contributed by atoms with Gasteiger partial charge in [-0.15, -0.1) is 0 Å². The molecule has 5 atom stereocenters. The van der Waals surface area contributed by atoms with Crippen molar-refractivity contribution < 1.29 is 44.2 Å². The van der Waals surface area contributed by atoms with E-state index >= 15 is 0 Å². The number of phenolic OH excluding ortho intramolecular Hbond substituents is 1. The van der Waals surface area contributed by atoms with Crippen molar-refractivity contribution in [2.24, 2.45) is 0 Å². The number of hydrogen-bond donors (Lipinski definition) is 4. The minimum absolute atomic E-state index is 0.00605. The van der Waals surface area contributed by atoms with Gasteiger partial charge in [-0.25, -0.2) is 4.79 Å². The molecule has 1 aliphatic heterocycles. The van der Waals surface area contributed by atoms with Crippen LogP contribution in [0.15, 0.2) is 48.5 Å². The molecule has 0 unspecified atom stereocenters. The van der Waals surface area contributed by atoms with E-state index in [0.29, 0.717) is 11.8 Å². The lowest BCUT2D eigenvalue weighted by molar-refractivity contribution is -0.277. The molecule has 0 bridgehead atoms. The number of aliphatic hydroxyl groups is 3. The minimum atomic E-state index is -1.65. The maximum Gasteiger partial charge on any atom is 0.338 e. The van der Waals surface area contributed by atoms with Gasteiger partial charge in [0.25, 0.3) is 0 Å². The van der Waals surface area contributed by atoms with Crippen LogP contribution in [0, 0.1) is 0 Å². The van der Waals surface area contributed by atoms with Crippen molar-refractivity contribution in [3.05, 3.63) is 59.7 Å². The highest BCUT2D eigenvalue weighted by molar-refractivity contribution is 5.89. The summed E-state index contributed by atoms with van der Waals surface area (Å²) in [4.78, 5) is 23.2. The third kappa shape index (κ3) is 4.72. The normalized spacial score (nSPS) is 26.5. The van der Waals surface area contributed by atoms with E-state index < -0.39 is 43.3 Å². The molecule has 154 valence electrons.